The molecule has 118 valence electrons. The summed E-state index contributed by atoms with van der Waals surface area (Å²) in [5, 5.41) is 2.99. The second-order valence-corrected chi connectivity index (χ2v) is 7.18. The molecular weight excluding hydrogens is 316 g/mol. The number of aryl methyl sites for hydroxylation is 2. The maximum Gasteiger partial charge on any atom is 0.238 e. The second-order valence-electron chi connectivity index (χ2n) is 5.38. The zero-order valence-corrected chi connectivity index (χ0v) is 14.7. The Bertz CT molecular complexity index is 654. The molecule has 0 saturated heterocycles. The largest absolute Gasteiger partial charge is 0.325 e. The molecule has 1 heterocycles. The van der Waals surface area contributed by atoms with Gasteiger partial charge in [-0.1, -0.05) is 36.2 Å². The van der Waals surface area contributed by atoms with Crippen LogP contribution in [0.3, 0.4) is 0 Å². The molecule has 0 fully saturated rings. The molecule has 1 aromatic carbocycles. The normalized spacial score (nSPS) is 11.0. The maximum absolute atomic E-state index is 12.2. The number of likely N-dealkylation sites (N-methyl/N-ethyl adjacent to an activating group) is 1. The Labute approximate surface area is 140 Å². The van der Waals surface area contributed by atoms with Crippen molar-refractivity contribution in [1.82, 2.24) is 4.90 Å². The number of hydrogen-bond donors (Lipinski definition) is 1. The molecular formula is C17H21ClN2OS. The number of thiophene rings is 1. The molecule has 3 nitrogen and oxygen atoms in total. The summed E-state index contributed by atoms with van der Waals surface area (Å²) in [7, 11) is 0. The first kappa shape index (κ1) is 17.0. The molecule has 22 heavy (non-hydrogen) atoms. The van der Waals surface area contributed by atoms with Crippen molar-refractivity contribution in [3.05, 3.63) is 50.7 Å². The number of nitrogens with zero attached hydrogens (tertiary/aromatic N) is 1. The van der Waals surface area contributed by atoms with Gasteiger partial charge in [0, 0.05) is 17.1 Å². The third-order valence-corrected chi connectivity index (χ3v) is 4.69. The van der Waals surface area contributed by atoms with Gasteiger partial charge in [-0.05, 0) is 44.2 Å². The zero-order valence-electron chi connectivity index (χ0n) is 13.1. The van der Waals surface area contributed by atoms with E-state index in [1.165, 1.54) is 10.4 Å². The van der Waals surface area contributed by atoms with Gasteiger partial charge in [-0.25, -0.2) is 0 Å². The standard InChI is InChI=1S/C17H21ClN2OS/c1-4-20(10-14-6-8-16(18)22-14)11-17(21)19-15-7-5-12(2)9-13(15)3/h5-9H,4,10-11H2,1-3H3,(H,19,21). The van der Waals surface area contributed by atoms with E-state index in [0.717, 1.165) is 28.7 Å². The number of rotatable bonds is 6. The summed E-state index contributed by atoms with van der Waals surface area (Å²) in [6.07, 6.45) is 0. The third kappa shape index (κ3) is 4.83. The molecule has 1 N–H and O–H groups in total. The maximum atomic E-state index is 12.2. The summed E-state index contributed by atoms with van der Waals surface area (Å²) in [6.45, 7) is 8.04. The summed E-state index contributed by atoms with van der Waals surface area (Å²) in [4.78, 5) is 15.5. The van der Waals surface area contributed by atoms with Crippen molar-refractivity contribution in [2.45, 2.75) is 27.3 Å². The van der Waals surface area contributed by atoms with Gasteiger partial charge in [-0.15, -0.1) is 11.3 Å². The molecule has 1 aromatic heterocycles. The van der Waals surface area contributed by atoms with Crippen LogP contribution in [0.4, 0.5) is 5.69 Å². The second kappa shape index (κ2) is 7.77. The fraction of sp³-hybridized carbons (Fsp3) is 0.353. The van der Waals surface area contributed by atoms with Gasteiger partial charge in [-0.2, -0.15) is 0 Å². The van der Waals surface area contributed by atoms with Crippen molar-refractivity contribution in [3.63, 3.8) is 0 Å². The minimum absolute atomic E-state index is 0.0106. The average molecular weight is 337 g/mol. The topological polar surface area (TPSA) is 32.3 Å². The predicted octanol–water partition coefficient (Wildman–Crippen LogP) is 4.48. The first-order chi connectivity index (χ1) is 10.5. The van der Waals surface area contributed by atoms with E-state index in [2.05, 4.69) is 23.2 Å². The van der Waals surface area contributed by atoms with Crippen LogP contribution in [0.25, 0.3) is 0 Å². The molecule has 0 radical (unpaired) electrons. The molecule has 0 spiro atoms. The van der Waals surface area contributed by atoms with Crippen molar-refractivity contribution in [3.8, 4) is 0 Å². The van der Waals surface area contributed by atoms with Gasteiger partial charge < -0.3 is 5.32 Å². The van der Waals surface area contributed by atoms with E-state index in [4.69, 9.17) is 11.6 Å². The van der Waals surface area contributed by atoms with Gasteiger partial charge in [0.15, 0.2) is 0 Å². The van der Waals surface area contributed by atoms with E-state index < -0.39 is 0 Å². The average Bonchev–Trinajstić information content (AvgIpc) is 2.86. The molecule has 0 bridgehead atoms. The van der Waals surface area contributed by atoms with Crippen molar-refractivity contribution in [2.75, 3.05) is 18.4 Å². The number of carbonyl (C=O) groups excluding carboxylic acids is 1. The molecule has 5 heteroatoms. The monoisotopic (exact) mass is 336 g/mol. The first-order valence-electron chi connectivity index (χ1n) is 7.31. The Morgan fingerprint density at radius 2 is 2.05 bits per heavy atom. The summed E-state index contributed by atoms with van der Waals surface area (Å²) in [5.74, 6) is 0.0106. The van der Waals surface area contributed by atoms with Crippen LogP contribution in [-0.2, 0) is 11.3 Å². The minimum Gasteiger partial charge on any atom is -0.325 e. The van der Waals surface area contributed by atoms with Crippen LogP contribution in [0.2, 0.25) is 4.34 Å². The smallest absolute Gasteiger partial charge is 0.238 e. The lowest BCUT2D eigenvalue weighted by Gasteiger charge is -2.19. The number of halogens is 1. The number of amides is 1. The van der Waals surface area contributed by atoms with Crippen LogP contribution >= 0.6 is 22.9 Å². The Balaban J connectivity index is 1.94. The number of benzene rings is 1. The third-order valence-electron chi connectivity index (χ3n) is 3.48. The Kier molecular flexibility index (Phi) is 6.00. The van der Waals surface area contributed by atoms with Crippen molar-refractivity contribution < 1.29 is 4.79 Å². The molecule has 0 aliphatic heterocycles. The van der Waals surface area contributed by atoms with E-state index in [1.807, 2.05) is 38.1 Å². The summed E-state index contributed by atoms with van der Waals surface area (Å²) >= 11 is 7.51. The lowest BCUT2D eigenvalue weighted by atomic mass is 10.1. The van der Waals surface area contributed by atoms with Crippen LogP contribution in [0.1, 0.15) is 22.9 Å². The van der Waals surface area contributed by atoms with Gasteiger partial charge in [0.25, 0.3) is 0 Å². The van der Waals surface area contributed by atoms with E-state index in [9.17, 15) is 4.79 Å². The Morgan fingerprint density at radius 1 is 1.27 bits per heavy atom. The number of carbonyl (C=O) groups is 1. The fourth-order valence-corrected chi connectivity index (χ4v) is 3.41. The van der Waals surface area contributed by atoms with Crippen molar-refractivity contribution in [1.29, 1.82) is 0 Å². The van der Waals surface area contributed by atoms with Gasteiger partial charge in [-0.3, -0.25) is 9.69 Å². The van der Waals surface area contributed by atoms with Crippen LogP contribution in [0.5, 0.6) is 0 Å². The molecule has 0 aliphatic carbocycles. The van der Waals surface area contributed by atoms with Crippen LogP contribution in [-0.4, -0.2) is 23.9 Å². The lowest BCUT2D eigenvalue weighted by Crippen LogP contribution is -2.32. The SMILES string of the molecule is CCN(CC(=O)Nc1ccc(C)cc1C)Cc1ccc(Cl)s1. The molecule has 0 aliphatic rings. The van der Waals surface area contributed by atoms with Crippen molar-refractivity contribution in [2.24, 2.45) is 0 Å². The quantitative estimate of drug-likeness (QED) is 0.843. The van der Waals surface area contributed by atoms with Gasteiger partial charge >= 0.3 is 0 Å². The van der Waals surface area contributed by atoms with E-state index in [0.29, 0.717) is 6.54 Å². The van der Waals surface area contributed by atoms with E-state index >= 15 is 0 Å². The minimum atomic E-state index is 0.0106. The summed E-state index contributed by atoms with van der Waals surface area (Å²) < 4.78 is 0.783. The van der Waals surface area contributed by atoms with Crippen LogP contribution < -0.4 is 5.32 Å². The molecule has 2 aromatic rings. The molecule has 0 unspecified atom stereocenters. The van der Waals surface area contributed by atoms with Gasteiger partial charge in [0.2, 0.25) is 5.91 Å². The first-order valence-corrected chi connectivity index (χ1v) is 8.51. The van der Waals surface area contributed by atoms with Gasteiger partial charge in [0.1, 0.15) is 0 Å². The molecule has 0 atom stereocenters. The van der Waals surface area contributed by atoms with Crippen LogP contribution in [0, 0.1) is 13.8 Å². The van der Waals surface area contributed by atoms with E-state index in [1.54, 1.807) is 11.3 Å². The molecule has 2 rings (SSSR count). The summed E-state index contributed by atoms with van der Waals surface area (Å²) in [5.41, 5.74) is 3.16. The highest BCUT2D eigenvalue weighted by Crippen LogP contribution is 2.22. The van der Waals surface area contributed by atoms with E-state index in [-0.39, 0.29) is 5.91 Å². The lowest BCUT2D eigenvalue weighted by molar-refractivity contribution is -0.117. The van der Waals surface area contributed by atoms with Crippen LogP contribution in [0.15, 0.2) is 30.3 Å². The van der Waals surface area contributed by atoms with Crippen molar-refractivity contribution >= 4 is 34.5 Å². The Morgan fingerprint density at radius 3 is 2.64 bits per heavy atom. The highest BCUT2D eigenvalue weighted by atomic mass is 35.5. The number of hydrogen-bond acceptors (Lipinski definition) is 3. The summed E-state index contributed by atoms with van der Waals surface area (Å²) in [6, 6.07) is 9.94. The highest BCUT2D eigenvalue weighted by molar-refractivity contribution is 7.16. The Hall–Kier alpha value is -1.36. The fourth-order valence-electron chi connectivity index (χ4n) is 2.28. The number of nitrogens with one attached hydrogen (secondary N) is 1. The molecule has 1 amide bonds. The number of anilines is 1. The predicted molar refractivity (Wildman–Crippen MR) is 94.8 cm³/mol. The molecule has 0 saturated carbocycles. The highest BCUT2D eigenvalue weighted by Gasteiger charge is 2.12. The zero-order chi connectivity index (χ0) is 16.1. The van der Waals surface area contributed by atoms with Gasteiger partial charge in [0.05, 0.1) is 10.9 Å².